The minimum Gasteiger partial charge on any atom is -0.357 e. The van der Waals surface area contributed by atoms with Crippen LogP contribution in [0.25, 0.3) is 0 Å². The number of hydrogen-bond acceptors (Lipinski definition) is 4. The van der Waals surface area contributed by atoms with E-state index in [1.165, 1.54) is 30.1 Å². The topological polar surface area (TPSA) is 86.8 Å². The molecule has 0 bridgehead atoms. The number of nitrogens with one attached hydrogen (secondary N) is 1. The molecule has 0 aliphatic carbocycles. The van der Waals surface area contributed by atoms with Gasteiger partial charge in [0.2, 0.25) is 21.8 Å². The molecule has 0 radical (unpaired) electrons. The van der Waals surface area contributed by atoms with Gasteiger partial charge in [-0.05, 0) is 36.2 Å². The highest BCUT2D eigenvalue weighted by Gasteiger charge is 2.32. The molecule has 0 aliphatic heterocycles. The summed E-state index contributed by atoms with van der Waals surface area (Å²) in [5.74, 6) is -0.966. The van der Waals surface area contributed by atoms with Crippen LogP contribution in [-0.4, -0.2) is 51.0 Å². The van der Waals surface area contributed by atoms with Crippen molar-refractivity contribution in [2.24, 2.45) is 0 Å². The van der Waals surface area contributed by atoms with Gasteiger partial charge in [0.1, 0.15) is 12.6 Å². The first kappa shape index (κ1) is 26.3. The predicted octanol–water partition coefficient (Wildman–Crippen LogP) is 3.97. The first-order valence-electron chi connectivity index (χ1n) is 9.66. The number of anilines is 1. The lowest BCUT2D eigenvalue weighted by Gasteiger charge is -2.33. The van der Waals surface area contributed by atoms with E-state index in [4.69, 9.17) is 34.8 Å². The Bertz CT molecular complexity index is 1100. The van der Waals surface area contributed by atoms with Crippen molar-refractivity contribution in [1.29, 1.82) is 0 Å². The maximum absolute atomic E-state index is 13.4. The number of nitrogens with zero attached hydrogens (tertiary/aromatic N) is 2. The van der Waals surface area contributed by atoms with Crippen molar-refractivity contribution in [2.75, 3.05) is 24.2 Å². The molecule has 0 aliphatic rings. The van der Waals surface area contributed by atoms with Gasteiger partial charge in [-0.3, -0.25) is 13.9 Å². The first-order valence-corrected chi connectivity index (χ1v) is 12.6. The third-order valence-corrected chi connectivity index (χ3v) is 6.82. The number of likely N-dealkylation sites (N-methyl/N-ethyl adjacent to an activating group) is 1. The molecule has 0 spiro atoms. The number of halogens is 3. The predicted molar refractivity (Wildman–Crippen MR) is 129 cm³/mol. The van der Waals surface area contributed by atoms with Crippen LogP contribution < -0.4 is 9.62 Å². The van der Waals surface area contributed by atoms with Gasteiger partial charge in [-0.15, -0.1) is 0 Å². The minimum atomic E-state index is -3.86. The number of hydrogen-bond donors (Lipinski definition) is 1. The van der Waals surface area contributed by atoms with Crippen LogP contribution in [-0.2, 0) is 26.2 Å². The average Bonchev–Trinajstić information content (AvgIpc) is 2.72. The van der Waals surface area contributed by atoms with E-state index in [1.54, 1.807) is 31.2 Å². The summed E-state index contributed by atoms with van der Waals surface area (Å²) in [5.41, 5.74) is 0.734. The SMILES string of the molecule is CCC(C(=O)NC)N(Cc1ccc(Cl)cc1Cl)C(=O)CN(c1ccccc1Cl)S(C)(=O)=O. The zero-order valence-corrected chi connectivity index (χ0v) is 20.9. The van der Waals surface area contributed by atoms with Crippen molar-refractivity contribution in [1.82, 2.24) is 10.2 Å². The second-order valence-corrected chi connectivity index (χ2v) is 10.2. The van der Waals surface area contributed by atoms with Crippen molar-refractivity contribution in [3.63, 3.8) is 0 Å². The summed E-state index contributed by atoms with van der Waals surface area (Å²) in [4.78, 5) is 27.2. The van der Waals surface area contributed by atoms with Crippen LogP contribution in [0.2, 0.25) is 15.1 Å². The lowest BCUT2D eigenvalue weighted by molar-refractivity contribution is -0.140. The molecule has 0 fully saturated rings. The minimum absolute atomic E-state index is 0.0130. The van der Waals surface area contributed by atoms with Gasteiger partial charge in [-0.25, -0.2) is 8.42 Å². The molecule has 0 heterocycles. The summed E-state index contributed by atoms with van der Waals surface area (Å²) in [7, 11) is -2.39. The van der Waals surface area contributed by atoms with Crippen LogP contribution in [0.5, 0.6) is 0 Å². The standard InChI is InChI=1S/C21H24Cl3N3O4S/c1-4-18(21(29)25-2)26(12-14-9-10-15(22)11-17(14)24)20(28)13-27(32(3,30)31)19-8-6-5-7-16(19)23/h5-11,18H,4,12-13H2,1-3H3,(H,25,29). The number of sulfonamides is 1. The van der Waals surface area contributed by atoms with E-state index < -0.39 is 28.5 Å². The maximum atomic E-state index is 13.4. The highest BCUT2D eigenvalue weighted by atomic mass is 35.5. The maximum Gasteiger partial charge on any atom is 0.244 e. The number of para-hydroxylation sites is 1. The highest BCUT2D eigenvalue weighted by molar-refractivity contribution is 7.92. The Kier molecular flexibility index (Phi) is 9.21. The fourth-order valence-electron chi connectivity index (χ4n) is 3.17. The van der Waals surface area contributed by atoms with Gasteiger partial charge in [0.15, 0.2) is 0 Å². The molecule has 2 aromatic rings. The van der Waals surface area contributed by atoms with Gasteiger partial charge in [0, 0.05) is 23.6 Å². The van der Waals surface area contributed by atoms with Crippen molar-refractivity contribution in [2.45, 2.75) is 25.9 Å². The zero-order chi connectivity index (χ0) is 24.1. The Hall–Kier alpha value is -2.00. The normalized spacial score (nSPS) is 12.2. The summed E-state index contributed by atoms with van der Waals surface area (Å²) < 4.78 is 25.9. The van der Waals surface area contributed by atoms with Gasteiger partial charge in [-0.1, -0.05) is 59.9 Å². The molecular formula is C21H24Cl3N3O4S. The van der Waals surface area contributed by atoms with E-state index in [9.17, 15) is 18.0 Å². The van der Waals surface area contributed by atoms with Gasteiger partial charge < -0.3 is 10.2 Å². The molecule has 1 unspecified atom stereocenters. The number of amides is 2. The quantitative estimate of drug-likeness (QED) is 0.542. The molecule has 1 N–H and O–H groups in total. The largest absolute Gasteiger partial charge is 0.357 e. The van der Waals surface area contributed by atoms with Crippen LogP contribution in [0.4, 0.5) is 5.69 Å². The van der Waals surface area contributed by atoms with Crippen LogP contribution >= 0.6 is 34.8 Å². The van der Waals surface area contributed by atoms with Crippen molar-refractivity contribution < 1.29 is 18.0 Å². The molecule has 0 saturated carbocycles. The number of carbonyl (C=O) groups excluding carboxylic acids is 2. The second-order valence-electron chi connectivity index (χ2n) is 7.02. The Labute approximate surface area is 203 Å². The molecule has 2 rings (SSSR count). The van der Waals surface area contributed by atoms with Crippen LogP contribution in [0.3, 0.4) is 0 Å². The molecular weight excluding hydrogens is 497 g/mol. The third kappa shape index (κ3) is 6.51. The van der Waals surface area contributed by atoms with E-state index in [0.29, 0.717) is 22.0 Å². The fraction of sp³-hybridized carbons (Fsp3) is 0.333. The molecule has 1 atom stereocenters. The van der Waals surface area contributed by atoms with Crippen molar-refractivity contribution in [3.8, 4) is 0 Å². The Balaban J connectivity index is 2.47. The van der Waals surface area contributed by atoms with E-state index in [0.717, 1.165) is 10.6 Å². The Morgan fingerprint density at radius 3 is 2.25 bits per heavy atom. The lowest BCUT2D eigenvalue weighted by Crippen LogP contribution is -2.51. The molecule has 0 aromatic heterocycles. The Morgan fingerprint density at radius 2 is 1.72 bits per heavy atom. The van der Waals surface area contributed by atoms with Crippen molar-refractivity contribution >= 4 is 62.3 Å². The second kappa shape index (κ2) is 11.2. The molecule has 0 saturated heterocycles. The smallest absolute Gasteiger partial charge is 0.244 e. The number of rotatable bonds is 9. The van der Waals surface area contributed by atoms with Gasteiger partial charge in [-0.2, -0.15) is 0 Å². The highest BCUT2D eigenvalue weighted by Crippen LogP contribution is 2.28. The first-order chi connectivity index (χ1) is 15.0. The average molecular weight is 521 g/mol. The van der Waals surface area contributed by atoms with Crippen LogP contribution in [0.15, 0.2) is 42.5 Å². The molecule has 11 heteroatoms. The summed E-state index contributed by atoms with van der Waals surface area (Å²) >= 11 is 18.4. The molecule has 2 amide bonds. The Morgan fingerprint density at radius 1 is 1.06 bits per heavy atom. The van der Waals surface area contributed by atoms with E-state index in [1.807, 2.05) is 0 Å². The lowest BCUT2D eigenvalue weighted by atomic mass is 10.1. The monoisotopic (exact) mass is 519 g/mol. The third-order valence-electron chi connectivity index (χ3n) is 4.79. The van der Waals surface area contributed by atoms with E-state index in [-0.39, 0.29) is 23.2 Å². The molecule has 174 valence electrons. The summed E-state index contributed by atoms with van der Waals surface area (Å²) in [6.45, 7) is 1.20. The van der Waals surface area contributed by atoms with Crippen LogP contribution in [0, 0.1) is 0 Å². The summed E-state index contributed by atoms with van der Waals surface area (Å²) in [6, 6.07) is 10.3. The fourth-order valence-corrected chi connectivity index (χ4v) is 4.79. The van der Waals surface area contributed by atoms with Crippen LogP contribution in [0.1, 0.15) is 18.9 Å². The van der Waals surface area contributed by atoms with Gasteiger partial charge in [0.25, 0.3) is 0 Å². The molecule has 7 nitrogen and oxygen atoms in total. The van der Waals surface area contributed by atoms with E-state index >= 15 is 0 Å². The summed E-state index contributed by atoms with van der Waals surface area (Å²) in [5, 5.41) is 3.48. The summed E-state index contributed by atoms with van der Waals surface area (Å²) in [6.07, 6.45) is 1.29. The number of benzene rings is 2. The molecule has 32 heavy (non-hydrogen) atoms. The van der Waals surface area contributed by atoms with E-state index in [2.05, 4.69) is 5.32 Å². The number of carbonyl (C=O) groups is 2. The zero-order valence-electron chi connectivity index (χ0n) is 17.8. The van der Waals surface area contributed by atoms with Gasteiger partial charge >= 0.3 is 0 Å². The molecule has 2 aromatic carbocycles. The van der Waals surface area contributed by atoms with Gasteiger partial charge in [0.05, 0.1) is 17.0 Å². The van der Waals surface area contributed by atoms with Crippen molar-refractivity contribution in [3.05, 3.63) is 63.1 Å².